The molecule has 0 bridgehead atoms. The van der Waals surface area contributed by atoms with Crippen molar-refractivity contribution in [2.75, 3.05) is 6.54 Å². The molecule has 1 atom stereocenters. The molecule has 0 aliphatic heterocycles. The minimum atomic E-state index is -2.17. The molecule has 4 N–H and O–H groups in total. The van der Waals surface area contributed by atoms with E-state index >= 15 is 0 Å². The van der Waals surface area contributed by atoms with Gasteiger partial charge >= 0.3 is 5.97 Å². The van der Waals surface area contributed by atoms with Crippen LogP contribution in [0.5, 0.6) is 0 Å². The van der Waals surface area contributed by atoms with E-state index in [0.717, 1.165) is 0 Å². The highest BCUT2D eigenvalue weighted by Crippen LogP contribution is 1.99. The second-order valence-corrected chi connectivity index (χ2v) is 5.08. The highest BCUT2D eigenvalue weighted by Gasteiger charge is 2.21. The second-order valence-electron chi connectivity index (χ2n) is 2.21. The maximum atomic E-state index is 10.4. The Hall–Kier alpha value is -0.883. The van der Waals surface area contributed by atoms with Gasteiger partial charge in [0.05, 0.1) is 0 Å². The minimum Gasteiger partial charge on any atom is -0.486 e. The summed E-state index contributed by atoms with van der Waals surface area (Å²) in [6.07, 6.45) is 0. The fraction of sp³-hybridized carbons (Fsp3) is 0.600. The first kappa shape index (κ1) is 10.1. The quantitative estimate of drug-likeness (QED) is 0.492. The number of hydrogen-bond donors (Lipinski definition) is 3. The van der Waals surface area contributed by atoms with Crippen molar-refractivity contribution in [1.82, 2.24) is 0 Å². The van der Waals surface area contributed by atoms with Crippen molar-refractivity contribution in [3.8, 4) is 0 Å². The summed E-state index contributed by atoms with van der Waals surface area (Å²) >= 11 is 0. The number of carbonyl (C=O) groups is 2. The lowest BCUT2D eigenvalue weighted by atomic mass is 10.8. The summed E-state index contributed by atoms with van der Waals surface area (Å²) in [4.78, 5) is 20.5. The van der Waals surface area contributed by atoms with Gasteiger partial charge in [-0.2, -0.15) is 0 Å². The number of aliphatic carboxylic acids is 1. The molecule has 6 heteroatoms. The number of carboxylic acids is 1. The Morgan fingerprint density at radius 2 is 1.91 bits per heavy atom. The SMILES string of the molecule is NCC[SiH](CC(=O)O)C(=O)O. The molecule has 0 saturated carbocycles. The van der Waals surface area contributed by atoms with E-state index in [-0.39, 0.29) is 12.6 Å². The summed E-state index contributed by atoms with van der Waals surface area (Å²) in [7, 11) is -2.17. The number of nitrogens with two attached hydrogens (primary N) is 1. The zero-order valence-electron chi connectivity index (χ0n) is 5.99. The molecule has 0 spiro atoms. The molecule has 5 nitrogen and oxygen atoms in total. The van der Waals surface area contributed by atoms with Gasteiger partial charge in [-0.1, -0.05) is 0 Å². The van der Waals surface area contributed by atoms with Crippen LogP contribution in [0.2, 0.25) is 12.1 Å². The van der Waals surface area contributed by atoms with Crippen LogP contribution in [0.15, 0.2) is 0 Å². The third kappa shape index (κ3) is 4.51. The van der Waals surface area contributed by atoms with Gasteiger partial charge in [-0.25, -0.2) is 0 Å². The van der Waals surface area contributed by atoms with Crippen LogP contribution in [-0.4, -0.2) is 37.1 Å². The molecule has 64 valence electrons. The van der Waals surface area contributed by atoms with E-state index in [4.69, 9.17) is 15.9 Å². The Balaban J connectivity index is 3.89. The van der Waals surface area contributed by atoms with Gasteiger partial charge in [-0.05, 0) is 12.6 Å². The molecule has 0 aromatic heterocycles. The Bertz CT molecular complexity index is 161. The number of rotatable bonds is 5. The van der Waals surface area contributed by atoms with Crippen molar-refractivity contribution < 1.29 is 19.8 Å². The molecule has 1 unspecified atom stereocenters. The number of carboxylic acid groups (broad SMARTS) is 2. The van der Waals surface area contributed by atoms with Crippen molar-refractivity contribution in [1.29, 1.82) is 0 Å². The second kappa shape index (κ2) is 4.86. The van der Waals surface area contributed by atoms with Gasteiger partial charge in [0.1, 0.15) is 0 Å². The van der Waals surface area contributed by atoms with E-state index in [2.05, 4.69) is 0 Å². The van der Waals surface area contributed by atoms with Gasteiger partial charge in [0.25, 0.3) is 5.59 Å². The first-order chi connectivity index (χ1) is 5.07. The van der Waals surface area contributed by atoms with Crippen LogP contribution in [0.3, 0.4) is 0 Å². The Labute approximate surface area is 65.4 Å². The minimum absolute atomic E-state index is 0.216. The van der Waals surface area contributed by atoms with Gasteiger partial charge in [-0.3, -0.25) is 9.59 Å². The van der Waals surface area contributed by atoms with Crippen molar-refractivity contribution in [2.45, 2.75) is 12.1 Å². The first-order valence-electron chi connectivity index (χ1n) is 3.22. The molecule has 0 rings (SSSR count). The summed E-state index contributed by atoms with van der Waals surface area (Å²) in [5.74, 6) is -1.04. The van der Waals surface area contributed by atoms with E-state index < -0.39 is 20.4 Å². The van der Waals surface area contributed by atoms with Crippen LogP contribution in [-0.2, 0) is 4.79 Å². The molecule has 0 fully saturated rings. The Morgan fingerprint density at radius 1 is 1.36 bits per heavy atom. The molecule has 11 heavy (non-hydrogen) atoms. The standard InChI is InChI=1S/C5H11NO4Si/c6-1-2-11(5(9)10)3-4(7)8/h11H,1-3,6H2,(H,7,8)(H,9,10). The summed E-state index contributed by atoms with van der Waals surface area (Å²) in [6, 6.07) is 0.133. The highest BCUT2D eigenvalue weighted by molar-refractivity contribution is 6.90. The molecule has 0 amide bonds. The fourth-order valence-corrected chi connectivity index (χ4v) is 2.17. The molecular formula is C5H11NO4Si. The van der Waals surface area contributed by atoms with Crippen molar-refractivity contribution in [3.63, 3.8) is 0 Å². The van der Waals surface area contributed by atoms with E-state index in [0.29, 0.717) is 6.04 Å². The van der Waals surface area contributed by atoms with Crippen LogP contribution < -0.4 is 5.73 Å². The maximum absolute atomic E-state index is 10.4. The van der Waals surface area contributed by atoms with Crippen LogP contribution in [0.4, 0.5) is 4.79 Å². The average Bonchev–Trinajstić information content (AvgIpc) is 1.86. The van der Waals surface area contributed by atoms with Crippen molar-refractivity contribution >= 4 is 20.4 Å². The maximum Gasteiger partial charge on any atom is 0.300 e. The average molecular weight is 177 g/mol. The van der Waals surface area contributed by atoms with Crippen LogP contribution in [0.1, 0.15) is 0 Å². The fourth-order valence-electron chi connectivity index (χ4n) is 0.725. The Morgan fingerprint density at radius 3 is 2.18 bits per heavy atom. The lowest BCUT2D eigenvalue weighted by Crippen LogP contribution is -2.29. The Kier molecular flexibility index (Phi) is 4.47. The van der Waals surface area contributed by atoms with E-state index in [1.165, 1.54) is 0 Å². The first-order valence-corrected chi connectivity index (χ1v) is 5.43. The number of hydrogen-bond acceptors (Lipinski definition) is 3. The van der Waals surface area contributed by atoms with Crippen LogP contribution >= 0.6 is 0 Å². The predicted molar refractivity (Wildman–Crippen MR) is 41.5 cm³/mol. The van der Waals surface area contributed by atoms with Gasteiger partial charge in [0.15, 0.2) is 8.80 Å². The predicted octanol–water partition coefficient (Wildman–Crippen LogP) is -0.484. The monoisotopic (exact) mass is 177 g/mol. The summed E-state index contributed by atoms with van der Waals surface area (Å²) in [5, 5.41) is 16.8. The molecule has 0 aromatic carbocycles. The molecule has 0 aliphatic carbocycles. The zero-order valence-corrected chi connectivity index (χ0v) is 7.14. The molecule has 0 aromatic rings. The lowest BCUT2D eigenvalue weighted by Gasteiger charge is -2.04. The highest BCUT2D eigenvalue weighted by atomic mass is 28.3. The lowest BCUT2D eigenvalue weighted by molar-refractivity contribution is -0.134. The normalized spacial score (nSPS) is 12.5. The molecule has 0 heterocycles. The van der Waals surface area contributed by atoms with E-state index in [9.17, 15) is 9.59 Å². The van der Waals surface area contributed by atoms with Gasteiger partial charge < -0.3 is 15.9 Å². The van der Waals surface area contributed by atoms with Crippen molar-refractivity contribution in [3.05, 3.63) is 0 Å². The van der Waals surface area contributed by atoms with E-state index in [1.807, 2.05) is 0 Å². The van der Waals surface area contributed by atoms with Gasteiger partial charge in [-0.15, -0.1) is 0 Å². The van der Waals surface area contributed by atoms with Crippen LogP contribution in [0.25, 0.3) is 0 Å². The molecule has 0 aliphatic rings. The van der Waals surface area contributed by atoms with E-state index in [1.54, 1.807) is 0 Å². The molecule has 0 saturated heterocycles. The van der Waals surface area contributed by atoms with Gasteiger partial charge in [0, 0.05) is 6.04 Å². The van der Waals surface area contributed by atoms with Crippen LogP contribution in [0, 0.1) is 0 Å². The summed E-state index contributed by atoms with van der Waals surface area (Å²) in [6.45, 7) is 0.260. The largest absolute Gasteiger partial charge is 0.486 e. The third-order valence-electron chi connectivity index (χ3n) is 1.29. The summed E-state index contributed by atoms with van der Waals surface area (Å²) in [5.41, 5.74) is 4.16. The van der Waals surface area contributed by atoms with Gasteiger partial charge in [0.2, 0.25) is 0 Å². The topological polar surface area (TPSA) is 101 Å². The zero-order chi connectivity index (χ0) is 8.85. The summed E-state index contributed by atoms with van der Waals surface area (Å²) < 4.78 is 0. The molecular weight excluding hydrogens is 166 g/mol. The molecule has 0 radical (unpaired) electrons. The third-order valence-corrected chi connectivity index (χ3v) is 3.86. The smallest absolute Gasteiger partial charge is 0.300 e. The van der Waals surface area contributed by atoms with Crippen molar-refractivity contribution in [2.24, 2.45) is 5.73 Å².